The first-order valence-corrected chi connectivity index (χ1v) is 8.77. The zero-order valence-corrected chi connectivity index (χ0v) is 17.1. The molecule has 2 N–H and O–H groups in total. The molecule has 0 saturated carbocycles. The van der Waals surface area contributed by atoms with Crippen LogP contribution in [0.4, 0.5) is 0 Å². The van der Waals surface area contributed by atoms with Crippen molar-refractivity contribution in [3.05, 3.63) is 54.1 Å². The van der Waals surface area contributed by atoms with Gasteiger partial charge in [-0.1, -0.05) is 30.3 Å². The summed E-state index contributed by atoms with van der Waals surface area (Å²) >= 11 is 0. The molecule has 8 heteroatoms. The Balaban J connectivity index is 0.00000182. The monoisotopic (exact) mass is 414 g/mol. The van der Waals surface area contributed by atoms with E-state index in [0.717, 1.165) is 31.6 Å². The summed E-state index contributed by atoms with van der Waals surface area (Å²) < 4.78 is 7.40. The lowest BCUT2D eigenvalue weighted by atomic mass is 10.1. The van der Waals surface area contributed by atoms with Crippen LogP contribution in [0.3, 0.4) is 0 Å². The Labute approximate surface area is 172 Å². The summed E-state index contributed by atoms with van der Waals surface area (Å²) in [5.74, 6) is -0.0145. The van der Waals surface area contributed by atoms with E-state index in [1.165, 1.54) is 5.56 Å². The number of likely N-dealkylation sites (tertiary alicyclic amines) is 1. The van der Waals surface area contributed by atoms with Gasteiger partial charge in [0.1, 0.15) is 0 Å². The van der Waals surface area contributed by atoms with E-state index in [4.69, 9.17) is 10.5 Å². The Hall–Kier alpha value is -1.60. The van der Waals surface area contributed by atoms with Gasteiger partial charge >= 0.3 is 0 Å². The smallest absolute Gasteiger partial charge is 0.239 e. The highest BCUT2D eigenvalue weighted by Gasteiger charge is 2.27. The molecule has 1 aromatic carbocycles. The number of imidazole rings is 1. The minimum absolute atomic E-state index is 0. The van der Waals surface area contributed by atoms with Crippen molar-refractivity contribution in [2.45, 2.75) is 38.0 Å². The van der Waals surface area contributed by atoms with E-state index >= 15 is 0 Å². The van der Waals surface area contributed by atoms with Crippen LogP contribution in [0.1, 0.15) is 24.1 Å². The van der Waals surface area contributed by atoms with Crippen LogP contribution in [-0.2, 0) is 22.5 Å². The number of aromatic nitrogens is 2. The summed E-state index contributed by atoms with van der Waals surface area (Å²) in [6, 6.07) is 9.65. The van der Waals surface area contributed by atoms with Crippen LogP contribution in [0.25, 0.3) is 0 Å². The van der Waals surface area contributed by atoms with Crippen molar-refractivity contribution < 1.29 is 9.53 Å². The van der Waals surface area contributed by atoms with Crippen LogP contribution >= 0.6 is 24.8 Å². The molecule has 0 spiro atoms. The third-order valence-corrected chi connectivity index (χ3v) is 4.66. The molecule has 1 aliphatic rings. The summed E-state index contributed by atoms with van der Waals surface area (Å²) in [6.07, 6.45) is 6.29. The van der Waals surface area contributed by atoms with Crippen LogP contribution in [0.2, 0.25) is 0 Å². The number of carbonyl (C=O) groups is 1. The Kier molecular flexibility index (Phi) is 9.80. The topological polar surface area (TPSA) is 73.4 Å². The van der Waals surface area contributed by atoms with Crippen LogP contribution in [0.15, 0.2) is 42.9 Å². The molecular formula is C19H28Cl2N4O2. The highest BCUT2D eigenvalue weighted by atomic mass is 35.5. The molecule has 27 heavy (non-hydrogen) atoms. The quantitative estimate of drug-likeness (QED) is 0.786. The predicted octanol–water partition coefficient (Wildman–Crippen LogP) is 2.28. The molecule has 1 unspecified atom stereocenters. The van der Waals surface area contributed by atoms with Crippen molar-refractivity contribution in [3.63, 3.8) is 0 Å². The lowest BCUT2D eigenvalue weighted by molar-refractivity contribution is -0.136. The first-order valence-electron chi connectivity index (χ1n) is 8.77. The van der Waals surface area contributed by atoms with E-state index in [1.807, 2.05) is 33.9 Å². The number of methoxy groups -OCH3 is 1. The largest absolute Gasteiger partial charge is 0.380 e. The molecule has 0 aliphatic carbocycles. The third kappa shape index (κ3) is 6.50. The van der Waals surface area contributed by atoms with Crippen molar-refractivity contribution in [2.75, 3.05) is 20.2 Å². The lowest BCUT2D eigenvalue weighted by Gasteiger charge is -2.33. The number of hydrogen-bond acceptors (Lipinski definition) is 4. The Morgan fingerprint density at radius 2 is 2.07 bits per heavy atom. The highest BCUT2D eigenvalue weighted by Crippen LogP contribution is 2.14. The van der Waals surface area contributed by atoms with Crippen molar-refractivity contribution in [1.82, 2.24) is 14.5 Å². The van der Waals surface area contributed by atoms with Crippen molar-refractivity contribution in [2.24, 2.45) is 5.73 Å². The van der Waals surface area contributed by atoms with E-state index in [-0.39, 0.29) is 36.8 Å². The van der Waals surface area contributed by atoms with Gasteiger partial charge in [-0.15, -0.1) is 24.8 Å². The number of hydrogen-bond donors (Lipinski definition) is 1. The summed E-state index contributed by atoms with van der Waals surface area (Å²) in [6.45, 7) is 2.15. The normalized spacial score (nSPS) is 17.6. The van der Waals surface area contributed by atoms with Crippen molar-refractivity contribution >= 4 is 30.7 Å². The molecule has 0 bridgehead atoms. The van der Waals surface area contributed by atoms with Gasteiger partial charge < -0.3 is 19.9 Å². The standard InChI is InChI=1S/C19H26N4O2.2ClH/c1-25-17-8-5-9-23(13-17)19(24)18(20)10-16-12-22(14-21-16)11-15-6-3-2-4-7-15;;/h2-4,6-7,12,14,17-18H,5,8-11,13,20H2,1H3;2*1H/t17?,18-;;/m0../s1. The second kappa shape index (κ2) is 11.3. The third-order valence-electron chi connectivity index (χ3n) is 4.66. The molecule has 2 heterocycles. The number of halogens is 2. The number of amides is 1. The van der Waals surface area contributed by atoms with Crippen molar-refractivity contribution in [1.29, 1.82) is 0 Å². The second-order valence-corrected chi connectivity index (χ2v) is 6.62. The molecule has 2 atom stereocenters. The zero-order chi connectivity index (χ0) is 17.6. The predicted molar refractivity (Wildman–Crippen MR) is 111 cm³/mol. The highest BCUT2D eigenvalue weighted by molar-refractivity contribution is 5.85. The van der Waals surface area contributed by atoms with Gasteiger partial charge in [-0.3, -0.25) is 4.79 Å². The fraction of sp³-hybridized carbons (Fsp3) is 0.474. The molecule has 1 amide bonds. The van der Waals surface area contributed by atoms with E-state index in [0.29, 0.717) is 13.0 Å². The molecule has 1 saturated heterocycles. The van der Waals surface area contributed by atoms with E-state index in [9.17, 15) is 4.79 Å². The van der Waals surface area contributed by atoms with Gasteiger partial charge in [0.2, 0.25) is 5.91 Å². The average molecular weight is 415 g/mol. The Morgan fingerprint density at radius 1 is 1.33 bits per heavy atom. The van der Waals surface area contributed by atoms with Crippen LogP contribution < -0.4 is 5.73 Å². The summed E-state index contributed by atoms with van der Waals surface area (Å²) in [5, 5.41) is 0. The number of rotatable bonds is 6. The van der Waals surface area contributed by atoms with Crippen LogP contribution in [0.5, 0.6) is 0 Å². The van der Waals surface area contributed by atoms with Gasteiger partial charge in [-0.2, -0.15) is 0 Å². The fourth-order valence-corrected chi connectivity index (χ4v) is 3.27. The first-order chi connectivity index (χ1) is 12.2. The maximum absolute atomic E-state index is 12.6. The Bertz CT molecular complexity index is 696. The van der Waals surface area contributed by atoms with Crippen molar-refractivity contribution in [3.8, 4) is 0 Å². The van der Waals surface area contributed by atoms with E-state index < -0.39 is 6.04 Å². The van der Waals surface area contributed by atoms with Gasteiger partial charge in [0.15, 0.2) is 0 Å². The number of nitrogens with zero attached hydrogens (tertiary/aromatic N) is 3. The van der Waals surface area contributed by atoms with E-state index in [2.05, 4.69) is 17.1 Å². The second-order valence-electron chi connectivity index (χ2n) is 6.62. The number of nitrogens with two attached hydrogens (primary N) is 1. The summed E-state index contributed by atoms with van der Waals surface area (Å²) in [7, 11) is 1.69. The molecule has 150 valence electrons. The average Bonchev–Trinajstić information content (AvgIpc) is 3.08. The molecule has 6 nitrogen and oxygen atoms in total. The van der Waals surface area contributed by atoms with Crippen LogP contribution in [0, 0.1) is 0 Å². The Morgan fingerprint density at radius 3 is 2.78 bits per heavy atom. The minimum Gasteiger partial charge on any atom is -0.380 e. The van der Waals surface area contributed by atoms with Gasteiger partial charge in [0, 0.05) is 39.4 Å². The number of ether oxygens (including phenoxy) is 1. The zero-order valence-electron chi connectivity index (χ0n) is 15.5. The van der Waals surface area contributed by atoms with Gasteiger partial charge in [-0.25, -0.2) is 4.98 Å². The van der Waals surface area contributed by atoms with Gasteiger partial charge in [-0.05, 0) is 18.4 Å². The maximum Gasteiger partial charge on any atom is 0.239 e. The summed E-state index contributed by atoms with van der Waals surface area (Å²) in [4.78, 5) is 18.8. The lowest BCUT2D eigenvalue weighted by Crippen LogP contribution is -2.50. The molecule has 1 fully saturated rings. The SMILES string of the molecule is COC1CCCN(C(=O)[C@@H](N)Cc2cn(Cc3ccccc3)cn2)C1.Cl.Cl. The molecule has 2 aromatic rings. The first kappa shape index (κ1) is 23.4. The fourth-order valence-electron chi connectivity index (χ4n) is 3.27. The van der Waals surface area contributed by atoms with Gasteiger partial charge in [0.05, 0.1) is 24.2 Å². The summed E-state index contributed by atoms with van der Waals surface area (Å²) in [5.41, 5.74) is 8.21. The number of piperidine rings is 1. The molecular weight excluding hydrogens is 387 g/mol. The number of carbonyl (C=O) groups excluding carboxylic acids is 1. The van der Waals surface area contributed by atoms with E-state index in [1.54, 1.807) is 13.4 Å². The molecule has 0 radical (unpaired) electrons. The van der Waals surface area contributed by atoms with Gasteiger partial charge in [0.25, 0.3) is 0 Å². The maximum atomic E-state index is 12.6. The molecule has 1 aliphatic heterocycles. The minimum atomic E-state index is -0.560. The number of benzene rings is 1. The van der Waals surface area contributed by atoms with Crippen LogP contribution in [-0.4, -0.2) is 52.7 Å². The molecule has 1 aromatic heterocycles. The molecule has 3 rings (SSSR count).